The van der Waals surface area contributed by atoms with Crippen LogP contribution in [0.25, 0.3) is 0 Å². The number of nitrogens with one attached hydrogen (secondary N) is 1. The molecular weight excluding hydrogens is 208 g/mol. The van der Waals surface area contributed by atoms with Crippen LogP contribution >= 0.6 is 11.8 Å². The van der Waals surface area contributed by atoms with Crippen molar-refractivity contribution in [3.05, 3.63) is 24.3 Å². The lowest BCUT2D eigenvalue weighted by molar-refractivity contribution is 0.0441. The summed E-state index contributed by atoms with van der Waals surface area (Å²) < 4.78 is 5.62. The Bertz CT molecular complexity index is 296. The molecule has 1 unspecified atom stereocenters. The van der Waals surface area contributed by atoms with Crippen LogP contribution in [0.15, 0.2) is 29.2 Å². The molecule has 4 heteroatoms. The normalized spacial score (nSPS) is 21.5. The standard InChI is InChI=1S/C11H16N2OS/c12-9-1-3-11(4-2-9)15-8-10-7-13-5-6-14-10/h1-4,10,13H,5-8,12H2. The van der Waals surface area contributed by atoms with Crippen molar-refractivity contribution in [3.8, 4) is 0 Å². The fourth-order valence-electron chi connectivity index (χ4n) is 1.48. The molecule has 1 aromatic carbocycles. The summed E-state index contributed by atoms with van der Waals surface area (Å²) in [6, 6.07) is 7.97. The van der Waals surface area contributed by atoms with Crippen molar-refractivity contribution < 1.29 is 4.74 Å². The molecule has 0 aliphatic carbocycles. The van der Waals surface area contributed by atoms with E-state index in [9.17, 15) is 0 Å². The van der Waals surface area contributed by atoms with E-state index in [2.05, 4.69) is 17.4 Å². The van der Waals surface area contributed by atoms with Gasteiger partial charge < -0.3 is 15.8 Å². The van der Waals surface area contributed by atoms with Gasteiger partial charge in [-0.15, -0.1) is 11.8 Å². The molecule has 0 aromatic heterocycles. The molecule has 0 spiro atoms. The number of nitrogens with two attached hydrogens (primary N) is 1. The number of ether oxygens (including phenoxy) is 1. The summed E-state index contributed by atoms with van der Waals surface area (Å²) in [7, 11) is 0. The van der Waals surface area contributed by atoms with Crippen molar-refractivity contribution in [1.29, 1.82) is 0 Å². The number of morpholine rings is 1. The van der Waals surface area contributed by atoms with E-state index in [0.717, 1.165) is 31.1 Å². The van der Waals surface area contributed by atoms with Crippen LogP contribution in [0.4, 0.5) is 5.69 Å². The van der Waals surface area contributed by atoms with E-state index in [1.807, 2.05) is 23.9 Å². The van der Waals surface area contributed by atoms with Gasteiger partial charge >= 0.3 is 0 Å². The highest BCUT2D eigenvalue weighted by atomic mass is 32.2. The van der Waals surface area contributed by atoms with Gasteiger partial charge in [-0.2, -0.15) is 0 Å². The maximum atomic E-state index is 5.62. The van der Waals surface area contributed by atoms with E-state index >= 15 is 0 Å². The molecule has 1 saturated heterocycles. The van der Waals surface area contributed by atoms with Gasteiger partial charge in [-0.1, -0.05) is 0 Å². The van der Waals surface area contributed by atoms with Gasteiger partial charge in [0.05, 0.1) is 12.7 Å². The molecule has 1 aromatic rings. The maximum Gasteiger partial charge on any atom is 0.0793 e. The van der Waals surface area contributed by atoms with E-state index < -0.39 is 0 Å². The molecule has 82 valence electrons. The lowest BCUT2D eigenvalue weighted by Gasteiger charge is -2.23. The van der Waals surface area contributed by atoms with Crippen LogP contribution in [-0.2, 0) is 4.74 Å². The van der Waals surface area contributed by atoms with Crippen LogP contribution in [-0.4, -0.2) is 31.6 Å². The van der Waals surface area contributed by atoms with Crippen LogP contribution in [0.1, 0.15) is 0 Å². The van der Waals surface area contributed by atoms with E-state index in [1.165, 1.54) is 4.90 Å². The van der Waals surface area contributed by atoms with Crippen molar-refractivity contribution in [2.45, 2.75) is 11.0 Å². The minimum atomic E-state index is 0.335. The molecule has 0 radical (unpaired) electrons. The molecule has 1 fully saturated rings. The minimum Gasteiger partial charge on any atom is -0.399 e. The van der Waals surface area contributed by atoms with Gasteiger partial charge in [-0.25, -0.2) is 0 Å². The zero-order valence-corrected chi connectivity index (χ0v) is 9.43. The molecular formula is C11H16N2OS. The summed E-state index contributed by atoms with van der Waals surface area (Å²) in [4.78, 5) is 1.25. The fraction of sp³-hybridized carbons (Fsp3) is 0.455. The van der Waals surface area contributed by atoms with Gasteiger partial charge in [0, 0.05) is 29.4 Å². The number of thioether (sulfide) groups is 1. The van der Waals surface area contributed by atoms with Gasteiger partial charge in [-0.05, 0) is 24.3 Å². The fourth-order valence-corrected chi connectivity index (χ4v) is 2.40. The van der Waals surface area contributed by atoms with Gasteiger partial charge in [0.25, 0.3) is 0 Å². The zero-order chi connectivity index (χ0) is 10.5. The summed E-state index contributed by atoms with van der Waals surface area (Å²) in [6.45, 7) is 2.76. The van der Waals surface area contributed by atoms with Gasteiger partial charge in [0.2, 0.25) is 0 Å². The molecule has 0 bridgehead atoms. The first kappa shape index (κ1) is 10.8. The summed E-state index contributed by atoms with van der Waals surface area (Å²) in [5.74, 6) is 0.997. The second-order valence-corrected chi connectivity index (χ2v) is 4.67. The van der Waals surface area contributed by atoms with Crippen molar-refractivity contribution in [3.63, 3.8) is 0 Å². The quantitative estimate of drug-likeness (QED) is 0.601. The van der Waals surface area contributed by atoms with Crippen LogP contribution in [0, 0.1) is 0 Å². The third-order valence-electron chi connectivity index (χ3n) is 2.32. The second-order valence-electron chi connectivity index (χ2n) is 3.58. The first-order valence-electron chi connectivity index (χ1n) is 5.15. The Balaban J connectivity index is 1.79. The molecule has 3 nitrogen and oxygen atoms in total. The molecule has 0 amide bonds. The summed E-state index contributed by atoms with van der Waals surface area (Å²) in [5.41, 5.74) is 6.44. The average molecular weight is 224 g/mol. The Morgan fingerprint density at radius 1 is 1.40 bits per heavy atom. The number of anilines is 1. The average Bonchev–Trinajstić information content (AvgIpc) is 2.30. The Hall–Kier alpha value is -0.710. The Morgan fingerprint density at radius 3 is 2.87 bits per heavy atom. The highest BCUT2D eigenvalue weighted by molar-refractivity contribution is 7.99. The number of rotatable bonds is 3. The van der Waals surface area contributed by atoms with E-state index in [0.29, 0.717) is 6.10 Å². The summed E-state index contributed by atoms with van der Waals surface area (Å²) >= 11 is 1.82. The summed E-state index contributed by atoms with van der Waals surface area (Å²) in [5, 5.41) is 3.32. The van der Waals surface area contributed by atoms with Gasteiger partial charge in [0.15, 0.2) is 0 Å². The minimum absolute atomic E-state index is 0.335. The Morgan fingerprint density at radius 2 is 2.20 bits per heavy atom. The third kappa shape index (κ3) is 3.41. The SMILES string of the molecule is Nc1ccc(SCC2CNCCO2)cc1. The van der Waals surface area contributed by atoms with E-state index in [-0.39, 0.29) is 0 Å². The maximum absolute atomic E-state index is 5.62. The largest absolute Gasteiger partial charge is 0.399 e. The van der Waals surface area contributed by atoms with Crippen LogP contribution in [0.3, 0.4) is 0 Å². The highest BCUT2D eigenvalue weighted by Gasteiger charge is 2.13. The topological polar surface area (TPSA) is 47.3 Å². The lowest BCUT2D eigenvalue weighted by atomic mass is 10.3. The number of nitrogen functional groups attached to an aromatic ring is 1. The first-order valence-corrected chi connectivity index (χ1v) is 6.14. The highest BCUT2D eigenvalue weighted by Crippen LogP contribution is 2.20. The Kier molecular flexibility index (Phi) is 3.88. The van der Waals surface area contributed by atoms with E-state index in [1.54, 1.807) is 0 Å². The second kappa shape index (κ2) is 5.39. The van der Waals surface area contributed by atoms with Crippen molar-refractivity contribution in [1.82, 2.24) is 5.32 Å². The monoisotopic (exact) mass is 224 g/mol. The van der Waals surface area contributed by atoms with E-state index in [4.69, 9.17) is 10.5 Å². The predicted octanol–water partition coefficient (Wildman–Crippen LogP) is 1.35. The Labute approximate surface area is 94.4 Å². The molecule has 15 heavy (non-hydrogen) atoms. The molecule has 3 N–H and O–H groups in total. The zero-order valence-electron chi connectivity index (χ0n) is 8.61. The summed E-state index contributed by atoms with van der Waals surface area (Å²) in [6.07, 6.45) is 0.335. The lowest BCUT2D eigenvalue weighted by Crippen LogP contribution is -2.39. The number of hydrogen-bond acceptors (Lipinski definition) is 4. The third-order valence-corrected chi connectivity index (χ3v) is 3.46. The molecule has 1 aliphatic rings. The van der Waals surface area contributed by atoms with Crippen LogP contribution < -0.4 is 11.1 Å². The number of hydrogen-bond donors (Lipinski definition) is 2. The van der Waals surface area contributed by atoms with Crippen molar-refractivity contribution in [2.75, 3.05) is 31.2 Å². The van der Waals surface area contributed by atoms with Gasteiger partial charge in [0.1, 0.15) is 0 Å². The molecule has 1 atom stereocenters. The van der Waals surface area contributed by atoms with Crippen LogP contribution in [0.2, 0.25) is 0 Å². The van der Waals surface area contributed by atoms with Gasteiger partial charge in [-0.3, -0.25) is 0 Å². The van der Waals surface area contributed by atoms with Crippen molar-refractivity contribution in [2.24, 2.45) is 0 Å². The molecule has 2 rings (SSSR count). The smallest absolute Gasteiger partial charge is 0.0793 e. The molecule has 1 heterocycles. The predicted molar refractivity (Wildman–Crippen MR) is 64.2 cm³/mol. The molecule has 1 aliphatic heterocycles. The van der Waals surface area contributed by atoms with Crippen LogP contribution in [0.5, 0.6) is 0 Å². The molecule has 0 saturated carbocycles. The van der Waals surface area contributed by atoms with Crippen molar-refractivity contribution >= 4 is 17.4 Å². The number of benzene rings is 1. The first-order chi connectivity index (χ1) is 7.34.